The Morgan fingerprint density at radius 2 is 1.48 bits per heavy atom. The monoisotopic (exact) mass is 338 g/mol. The maximum Gasteiger partial charge on any atom is 0.0117 e. The Morgan fingerprint density at radius 3 is 2.13 bits per heavy atom. The molecule has 0 nitrogen and oxygen atoms in total. The van der Waals surface area contributed by atoms with E-state index < -0.39 is 0 Å². The molecular formula is C21H24P2. The largest absolute Gasteiger partial charge is 0.0743 e. The van der Waals surface area contributed by atoms with Gasteiger partial charge in [0.2, 0.25) is 0 Å². The zero-order valence-electron chi connectivity index (χ0n) is 14.1. The van der Waals surface area contributed by atoms with Gasteiger partial charge in [-0.2, -0.15) is 0 Å². The molecule has 0 N–H and O–H groups in total. The zero-order valence-corrected chi connectivity index (χ0v) is 15.9. The fourth-order valence-electron chi connectivity index (χ4n) is 4.39. The summed E-state index contributed by atoms with van der Waals surface area (Å²) in [5.74, 6) is 0. The van der Waals surface area contributed by atoms with E-state index in [2.05, 4.69) is 81.2 Å². The molecule has 5 atom stereocenters. The summed E-state index contributed by atoms with van der Waals surface area (Å²) in [4.78, 5) is 0. The predicted molar refractivity (Wildman–Crippen MR) is 106 cm³/mol. The average Bonchev–Trinajstić information content (AvgIpc) is 3.11. The fraction of sp³-hybridized carbons (Fsp3) is 0.333. The van der Waals surface area contributed by atoms with Crippen LogP contribution in [0.4, 0.5) is 0 Å². The third-order valence-electron chi connectivity index (χ3n) is 5.75. The Morgan fingerprint density at radius 1 is 0.870 bits per heavy atom. The number of allylic oxidation sites excluding steroid dienone is 2. The van der Waals surface area contributed by atoms with Gasteiger partial charge < -0.3 is 0 Å². The van der Waals surface area contributed by atoms with Crippen LogP contribution in [0.25, 0.3) is 0 Å². The maximum absolute atomic E-state index is 2.51. The molecule has 2 bridgehead atoms. The molecule has 0 aromatic heterocycles. The lowest BCUT2D eigenvalue weighted by molar-refractivity contribution is 0.755. The van der Waals surface area contributed by atoms with Gasteiger partial charge in [-0.15, -0.1) is 0 Å². The molecule has 0 aliphatic carbocycles. The summed E-state index contributed by atoms with van der Waals surface area (Å²) < 4.78 is 0. The van der Waals surface area contributed by atoms with E-state index in [0.29, 0.717) is 0 Å². The topological polar surface area (TPSA) is 0 Å². The van der Waals surface area contributed by atoms with E-state index >= 15 is 0 Å². The molecule has 23 heavy (non-hydrogen) atoms. The van der Waals surface area contributed by atoms with Crippen molar-refractivity contribution in [3.8, 4) is 0 Å². The highest BCUT2D eigenvalue weighted by Crippen LogP contribution is 2.70. The van der Waals surface area contributed by atoms with Crippen LogP contribution in [-0.4, -0.2) is 23.6 Å². The summed E-state index contributed by atoms with van der Waals surface area (Å²) in [6.07, 6.45) is 1.41. The second-order valence-corrected chi connectivity index (χ2v) is 11.7. The zero-order chi connectivity index (χ0) is 16.0. The minimum absolute atomic E-state index is 0.0502. The molecule has 2 heterocycles. The van der Waals surface area contributed by atoms with Crippen LogP contribution in [0, 0.1) is 0 Å². The first kappa shape index (κ1) is 15.6. The molecule has 1 saturated heterocycles. The van der Waals surface area contributed by atoms with Gasteiger partial charge in [0.05, 0.1) is 0 Å². The third-order valence-corrected chi connectivity index (χ3v) is 12.1. The number of fused-ring (bicyclic) bond motifs is 2. The van der Waals surface area contributed by atoms with Crippen molar-refractivity contribution >= 4 is 26.5 Å². The van der Waals surface area contributed by atoms with Crippen LogP contribution in [0.1, 0.15) is 20.3 Å². The Kier molecular flexibility index (Phi) is 4.17. The predicted octanol–water partition coefficient (Wildman–Crippen LogP) is 5.09. The lowest BCUT2D eigenvalue weighted by Crippen LogP contribution is -2.25. The van der Waals surface area contributed by atoms with Crippen LogP contribution in [-0.2, 0) is 0 Å². The lowest BCUT2D eigenvalue weighted by atomic mass is 9.94. The van der Waals surface area contributed by atoms with Crippen molar-refractivity contribution in [2.75, 3.05) is 6.66 Å². The van der Waals surface area contributed by atoms with E-state index in [0.717, 1.165) is 17.0 Å². The van der Waals surface area contributed by atoms with E-state index in [1.165, 1.54) is 6.42 Å². The van der Waals surface area contributed by atoms with Crippen LogP contribution < -0.4 is 10.6 Å². The molecule has 0 radical (unpaired) electrons. The first-order valence-corrected chi connectivity index (χ1v) is 11.8. The molecular weight excluding hydrogens is 314 g/mol. The minimum atomic E-state index is -0.0721. The van der Waals surface area contributed by atoms with E-state index in [-0.39, 0.29) is 15.8 Å². The summed E-state index contributed by atoms with van der Waals surface area (Å²) in [6.45, 7) is 7.32. The van der Waals surface area contributed by atoms with E-state index in [9.17, 15) is 0 Å². The Balaban J connectivity index is 1.70. The van der Waals surface area contributed by atoms with E-state index in [4.69, 9.17) is 0 Å². The molecule has 2 aromatic rings. The van der Waals surface area contributed by atoms with Crippen molar-refractivity contribution in [1.29, 1.82) is 0 Å². The molecule has 2 unspecified atom stereocenters. The van der Waals surface area contributed by atoms with Crippen molar-refractivity contribution in [3.05, 3.63) is 71.8 Å². The smallest absolute Gasteiger partial charge is 0.0117 e. The second-order valence-electron chi connectivity index (χ2n) is 6.82. The van der Waals surface area contributed by atoms with Crippen molar-refractivity contribution in [1.82, 2.24) is 0 Å². The van der Waals surface area contributed by atoms with Crippen molar-refractivity contribution < 1.29 is 0 Å². The van der Waals surface area contributed by atoms with Gasteiger partial charge in [0.15, 0.2) is 0 Å². The number of benzene rings is 2. The number of rotatable bonds is 3. The second kappa shape index (κ2) is 6.16. The van der Waals surface area contributed by atoms with Gasteiger partial charge >= 0.3 is 0 Å². The van der Waals surface area contributed by atoms with Gasteiger partial charge in [-0.1, -0.05) is 87.7 Å². The molecule has 0 spiro atoms. The molecule has 2 aromatic carbocycles. The Hall–Kier alpha value is -0.960. The standard InChI is InChI=1S/C21H24P2/c1-15-16(2)21-20(22(3)17-10-6-4-7-11-17)14-19(15)23(21)18-12-8-5-9-13-18/h4-13,19-21H,14H2,1-3H3/t19-,20+,21-,22?,23?/m0/s1. The first-order valence-electron chi connectivity index (χ1n) is 8.47. The van der Waals surface area contributed by atoms with Gasteiger partial charge in [0, 0.05) is 11.3 Å². The van der Waals surface area contributed by atoms with Crippen molar-refractivity contribution in [2.45, 2.75) is 37.2 Å². The fourth-order valence-corrected chi connectivity index (χ4v) is 11.6. The van der Waals surface area contributed by atoms with Crippen LogP contribution in [0.5, 0.6) is 0 Å². The molecule has 2 heteroatoms. The Labute approximate surface area is 142 Å². The van der Waals surface area contributed by atoms with Crippen molar-refractivity contribution in [2.24, 2.45) is 0 Å². The number of hydrogen-bond acceptors (Lipinski definition) is 0. The molecule has 0 amide bonds. The van der Waals surface area contributed by atoms with Gasteiger partial charge in [-0.05, 0) is 43.2 Å². The van der Waals surface area contributed by atoms with Crippen LogP contribution in [0.2, 0.25) is 0 Å². The van der Waals surface area contributed by atoms with E-state index in [1.54, 1.807) is 21.8 Å². The molecule has 2 aliphatic rings. The molecule has 4 rings (SSSR count). The molecule has 118 valence electrons. The minimum Gasteiger partial charge on any atom is -0.0743 e. The first-order chi connectivity index (χ1) is 11.2. The third kappa shape index (κ3) is 2.52. The normalized spacial score (nSPS) is 30.7. The highest BCUT2D eigenvalue weighted by atomic mass is 31.1. The SMILES string of the molecule is CC1=C(C)[C@H]2[C@H](P(C)c3ccccc3)C[C@@H]1P2c1ccccc1. The summed E-state index contributed by atoms with van der Waals surface area (Å²) in [7, 11) is -0.122. The van der Waals surface area contributed by atoms with Gasteiger partial charge in [-0.3, -0.25) is 0 Å². The summed E-state index contributed by atoms with van der Waals surface area (Å²) in [5, 5.41) is 3.20. The average molecular weight is 338 g/mol. The van der Waals surface area contributed by atoms with E-state index in [1.807, 2.05) is 0 Å². The quantitative estimate of drug-likeness (QED) is 0.540. The molecule has 2 aliphatic heterocycles. The maximum atomic E-state index is 2.51. The number of hydrogen-bond donors (Lipinski definition) is 0. The van der Waals surface area contributed by atoms with Gasteiger partial charge in [0.25, 0.3) is 0 Å². The molecule has 1 fully saturated rings. The van der Waals surface area contributed by atoms with Crippen LogP contribution in [0.15, 0.2) is 71.8 Å². The highest BCUT2D eigenvalue weighted by Gasteiger charge is 2.51. The summed E-state index contributed by atoms with van der Waals surface area (Å²) in [6, 6.07) is 22.6. The van der Waals surface area contributed by atoms with Gasteiger partial charge in [-0.25, -0.2) is 0 Å². The van der Waals surface area contributed by atoms with Crippen LogP contribution >= 0.6 is 15.8 Å². The van der Waals surface area contributed by atoms with Crippen molar-refractivity contribution in [3.63, 3.8) is 0 Å². The lowest BCUT2D eigenvalue weighted by Gasteiger charge is -2.30. The Bertz CT molecular complexity index is 720. The summed E-state index contributed by atoms with van der Waals surface area (Å²) >= 11 is 0. The van der Waals surface area contributed by atoms with Gasteiger partial charge in [0.1, 0.15) is 0 Å². The highest BCUT2D eigenvalue weighted by molar-refractivity contribution is 7.72. The van der Waals surface area contributed by atoms with Crippen LogP contribution in [0.3, 0.4) is 0 Å². The molecule has 0 saturated carbocycles. The summed E-state index contributed by atoms with van der Waals surface area (Å²) in [5.41, 5.74) is 5.93.